The fraction of sp³-hybridized carbons (Fsp3) is 0.435. The van der Waals surface area contributed by atoms with Gasteiger partial charge in [0.25, 0.3) is 11.7 Å². The van der Waals surface area contributed by atoms with Gasteiger partial charge in [0.05, 0.1) is 16.5 Å². The van der Waals surface area contributed by atoms with E-state index >= 15 is 0 Å². The topological polar surface area (TPSA) is 112 Å². The van der Waals surface area contributed by atoms with Crippen molar-refractivity contribution in [1.82, 2.24) is 4.57 Å². The standard InChI is InChI=1S/C23H28N2O5/c1-13(2)21(23(28)29)30-17-11-7-10-16-19(17)18(20(26)22(24)27)14(3)25(16)12-15-8-5-4-6-9-15/h7,10-13,21H,4-6,8-9H2,1-3H3,(H2,24,27)(H,28,29). The van der Waals surface area contributed by atoms with Gasteiger partial charge in [-0.2, -0.15) is 0 Å². The molecule has 30 heavy (non-hydrogen) atoms. The lowest BCUT2D eigenvalue weighted by molar-refractivity contribution is -0.147. The molecule has 1 heterocycles. The predicted octanol–water partition coefficient (Wildman–Crippen LogP) is 3.91. The van der Waals surface area contributed by atoms with Gasteiger partial charge >= 0.3 is 5.97 Å². The number of nitrogens with two attached hydrogens (primary N) is 1. The van der Waals surface area contributed by atoms with Crippen LogP contribution in [0.1, 0.15) is 62.0 Å². The quantitative estimate of drug-likeness (QED) is 0.529. The number of ether oxygens (including phenoxy) is 1. The Kier molecular flexibility index (Phi) is 6.29. The molecule has 1 amide bonds. The molecule has 0 saturated heterocycles. The number of carboxylic acid groups (broad SMARTS) is 1. The Bertz CT molecular complexity index is 1020. The summed E-state index contributed by atoms with van der Waals surface area (Å²) in [4.78, 5) is 36.1. The van der Waals surface area contributed by atoms with Gasteiger partial charge in [0.1, 0.15) is 5.75 Å². The van der Waals surface area contributed by atoms with Gasteiger partial charge in [0.2, 0.25) is 0 Å². The van der Waals surface area contributed by atoms with Crippen molar-refractivity contribution in [3.8, 4) is 5.75 Å². The van der Waals surface area contributed by atoms with Crippen LogP contribution in [0.3, 0.4) is 0 Å². The summed E-state index contributed by atoms with van der Waals surface area (Å²) >= 11 is 0. The zero-order valence-corrected chi connectivity index (χ0v) is 17.6. The second kappa shape index (κ2) is 8.73. The largest absolute Gasteiger partial charge is 0.478 e. The van der Waals surface area contributed by atoms with Gasteiger partial charge in [-0.3, -0.25) is 9.59 Å². The summed E-state index contributed by atoms with van der Waals surface area (Å²) in [6, 6.07) is 5.21. The molecule has 0 radical (unpaired) electrons. The maximum atomic E-state index is 12.7. The van der Waals surface area contributed by atoms with Crippen LogP contribution < -0.4 is 10.5 Å². The number of nitrogens with zero attached hydrogens (tertiary/aromatic N) is 1. The number of hydrogen-bond donors (Lipinski definition) is 2. The summed E-state index contributed by atoms with van der Waals surface area (Å²) in [5.74, 6) is -3.00. The van der Waals surface area contributed by atoms with Crippen LogP contribution in [0.2, 0.25) is 0 Å². The molecule has 3 rings (SSSR count). The molecule has 1 atom stereocenters. The van der Waals surface area contributed by atoms with Gasteiger partial charge in [-0.05, 0) is 44.7 Å². The highest BCUT2D eigenvalue weighted by Gasteiger charge is 2.29. The molecule has 1 unspecified atom stereocenters. The minimum atomic E-state index is -1.09. The van der Waals surface area contributed by atoms with Gasteiger partial charge < -0.3 is 20.1 Å². The van der Waals surface area contributed by atoms with Crippen LogP contribution in [-0.4, -0.2) is 33.4 Å². The highest BCUT2D eigenvalue weighted by Crippen LogP contribution is 2.36. The third-order valence-corrected chi connectivity index (χ3v) is 5.60. The van der Waals surface area contributed by atoms with Gasteiger partial charge in [-0.1, -0.05) is 31.9 Å². The van der Waals surface area contributed by atoms with Crippen molar-refractivity contribution in [3.63, 3.8) is 0 Å². The SMILES string of the molecule is Cc1c(C(=O)C(N)=O)c2c(OC(C(=O)O)C(C)C)cccc2n1C=C1CCCCC1. The van der Waals surface area contributed by atoms with Crippen LogP contribution in [0.15, 0.2) is 23.8 Å². The number of carbonyl (C=O) groups is 3. The van der Waals surface area contributed by atoms with E-state index in [1.807, 2.05) is 16.8 Å². The predicted molar refractivity (Wildman–Crippen MR) is 114 cm³/mol. The third-order valence-electron chi connectivity index (χ3n) is 5.60. The van der Waals surface area contributed by atoms with E-state index in [0.29, 0.717) is 16.6 Å². The van der Waals surface area contributed by atoms with Crippen molar-refractivity contribution in [2.45, 2.75) is 59.0 Å². The van der Waals surface area contributed by atoms with E-state index < -0.39 is 23.8 Å². The minimum absolute atomic E-state index is 0.161. The van der Waals surface area contributed by atoms with E-state index in [4.69, 9.17) is 10.5 Å². The molecule has 7 nitrogen and oxygen atoms in total. The maximum absolute atomic E-state index is 12.7. The Balaban J connectivity index is 2.24. The molecule has 0 bridgehead atoms. The molecule has 1 fully saturated rings. The van der Waals surface area contributed by atoms with Crippen molar-refractivity contribution in [2.75, 3.05) is 0 Å². The summed E-state index contributed by atoms with van der Waals surface area (Å²) in [5.41, 5.74) is 8.02. The number of aliphatic carboxylic acids is 1. The smallest absolute Gasteiger partial charge is 0.345 e. The molecular formula is C23H28N2O5. The fourth-order valence-corrected chi connectivity index (χ4v) is 4.05. The van der Waals surface area contributed by atoms with Crippen molar-refractivity contribution in [1.29, 1.82) is 0 Å². The number of amides is 1. The summed E-state index contributed by atoms with van der Waals surface area (Å²) in [6.45, 7) is 5.26. The number of allylic oxidation sites excluding steroid dienone is 1. The van der Waals surface area contributed by atoms with Gasteiger partial charge in [0, 0.05) is 17.8 Å². The lowest BCUT2D eigenvalue weighted by Crippen LogP contribution is -2.32. The Hall–Kier alpha value is -3.09. The van der Waals surface area contributed by atoms with Crippen LogP contribution in [0.25, 0.3) is 17.1 Å². The summed E-state index contributed by atoms with van der Waals surface area (Å²) in [7, 11) is 0. The number of ketones is 1. The number of fused-ring (bicyclic) bond motifs is 1. The molecule has 0 spiro atoms. The van der Waals surface area contributed by atoms with Crippen LogP contribution in [0.5, 0.6) is 5.75 Å². The fourth-order valence-electron chi connectivity index (χ4n) is 4.05. The normalized spacial score (nSPS) is 15.3. The van der Waals surface area contributed by atoms with Crippen LogP contribution in [0.4, 0.5) is 0 Å². The van der Waals surface area contributed by atoms with E-state index in [1.165, 1.54) is 12.0 Å². The monoisotopic (exact) mass is 412 g/mol. The van der Waals surface area contributed by atoms with Gasteiger partial charge in [-0.15, -0.1) is 0 Å². The molecule has 7 heteroatoms. The third kappa shape index (κ3) is 4.10. The van der Waals surface area contributed by atoms with Crippen molar-refractivity contribution in [2.24, 2.45) is 11.7 Å². The molecule has 1 aromatic heterocycles. The number of carbonyl (C=O) groups excluding carboxylic acids is 2. The average molecular weight is 412 g/mol. The second-order valence-electron chi connectivity index (χ2n) is 8.14. The Morgan fingerprint density at radius 2 is 1.83 bits per heavy atom. The molecule has 1 aromatic carbocycles. The van der Waals surface area contributed by atoms with Crippen molar-refractivity contribution >= 4 is 34.8 Å². The molecule has 1 saturated carbocycles. The summed E-state index contributed by atoms with van der Waals surface area (Å²) < 4.78 is 7.73. The lowest BCUT2D eigenvalue weighted by atomic mass is 9.96. The van der Waals surface area contributed by atoms with E-state index in [-0.39, 0.29) is 17.2 Å². The van der Waals surface area contributed by atoms with E-state index in [2.05, 4.69) is 0 Å². The zero-order valence-electron chi connectivity index (χ0n) is 17.6. The number of rotatable bonds is 7. The molecule has 0 aliphatic heterocycles. The first kappa shape index (κ1) is 21.6. The number of hydrogen-bond acceptors (Lipinski definition) is 4. The maximum Gasteiger partial charge on any atom is 0.345 e. The summed E-state index contributed by atoms with van der Waals surface area (Å²) in [6.07, 6.45) is 6.37. The first-order valence-electron chi connectivity index (χ1n) is 10.3. The Morgan fingerprint density at radius 3 is 2.40 bits per heavy atom. The van der Waals surface area contributed by atoms with Crippen molar-refractivity contribution in [3.05, 3.63) is 35.0 Å². The molecule has 1 aliphatic carbocycles. The number of benzene rings is 1. The lowest BCUT2D eigenvalue weighted by Gasteiger charge is -2.19. The van der Waals surface area contributed by atoms with E-state index in [9.17, 15) is 19.5 Å². The van der Waals surface area contributed by atoms with Crippen LogP contribution >= 0.6 is 0 Å². The first-order valence-corrected chi connectivity index (χ1v) is 10.3. The van der Waals surface area contributed by atoms with Crippen LogP contribution in [-0.2, 0) is 9.59 Å². The number of aromatic nitrogens is 1. The molecule has 3 N–H and O–H groups in total. The number of carboxylic acids is 1. The number of Topliss-reactive ketones (excluding diaryl/α,β-unsaturated/α-hetero) is 1. The summed E-state index contributed by atoms with van der Waals surface area (Å²) in [5, 5.41) is 9.95. The Morgan fingerprint density at radius 1 is 1.17 bits per heavy atom. The highest BCUT2D eigenvalue weighted by atomic mass is 16.5. The molecular weight excluding hydrogens is 384 g/mol. The number of primary amides is 1. The van der Waals surface area contributed by atoms with Gasteiger partial charge in [0.15, 0.2) is 6.10 Å². The van der Waals surface area contributed by atoms with Gasteiger partial charge in [-0.25, -0.2) is 4.79 Å². The molecule has 160 valence electrons. The second-order valence-corrected chi connectivity index (χ2v) is 8.14. The zero-order chi connectivity index (χ0) is 22.0. The van der Waals surface area contributed by atoms with Crippen molar-refractivity contribution < 1.29 is 24.2 Å². The molecule has 2 aromatic rings. The average Bonchev–Trinajstić information content (AvgIpc) is 2.98. The minimum Gasteiger partial charge on any atom is -0.478 e. The van der Waals surface area contributed by atoms with Crippen LogP contribution in [0, 0.1) is 12.8 Å². The van der Waals surface area contributed by atoms with E-state index in [1.54, 1.807) is 32.9 Å². The van der Waals surface area contributed by atoms with E-state index in [0.717, 1.165) is 25.7 Å². The highest BCUT2D eigenvalue weighted by molar-refractivity contribution is 6.45. The first-order chi connectivity index (χ1) is 14.2. The Labute approximate surface area is 175 Å². The molecule has 1 aliphatic rings.